The van der Waals surface area contributed by atoms with Crippen molar-refractivity contribution < 1.29 is 0 Å². The molecule has 2 aromatic heterocycles. The highest BCUT2D eigenvalue weighted by molar-refractivity contribution is 5.41. The minimum Gasteiger partial charge on any atom is -0.315 e. The first-order valence-electron chi connectivity index (χ1n) is 3.26. The SMILES string of the molecule is Cn1ccn2cncc2c1=O. The van der Waals surface area contributed by atoms with Crippen LogP contribution in [0.2, 0.25) is 0 Å². The molecule has 0 aliphatic carbocycles. The van der Waals surface area contributed by atoms with Gasteiger partial charge >= 0.3 is 0 Å². The van der Waals surface area contributed by atoms with Crippen LogP contribution in [0.3, 0.4) is 0 Å². The molecule has 0 atom stereocenters. The lowest BCUT2D eigenvalue weighted by Gasteiger charge is -1.95. The van der Waals surface area contributed by atoms with Gasteiger partial charge in [-0.3, -0.25) is 4.79 Å². The van der Waals surface area contributed by atoms with Gasteiger partial charge in [-0.25, -0.2) is 4.98 Å². The van der Waals surface area contributed by atoms with Crippen LogP contribution in [0.4, 0.5) is 0 Å². The molecule has 2 aromatic rings. The van der Waals surface area contributed by atoms with Gasteiger partial charge in [0, 0.05) is 19.4 Å². The van der Waals surface area contributed by atoms with Crippen molar-refractivity contribution in [3.8, 4) is 0 Å². The van der Waals surface area contributed by atoms with Gasteiger partial charge in [-0.1, -0.05) is 0 Å². The average Bonchev–Trinajstić information content (AvgIpc) is 2.45. The van der Waals surface area contributed by atoms with Gasteiger partial charge in [0.25, 0.3) is 5.56 Å². The molecule has 11 heavy (non-hydrogen) atoms. The number of nitrogens with zero attached hydrogens (tertiary/aromatic N) is 3. The van der Waals surface area contributed by atoms with Crippen molar-refractivity contribution in [3.05, 3.63) is 35.3 Å². The molecule has 0 aromatic carbocycles. The lowest BCUT2D eigenvalue weighted by atomic mass is 10.5. The first-order valence-corrected chi connectivity index (χ1v) is 3.26. The standard InChI is InChI=1S/C7H7N3O/c1-9-2-3-10-5-8-4-6(10)7(9)11/h2-5H,1H3. The van der Waals surface area contributed by atoms with E-state index in [1.54, 1.807) is 36.4 Å². The Labute approximate surface area is 62.7 Å². The van der Waals surface area contributed by atoms with E-state index in [1.165, 1.54) is 4.57 Å². The minimum absolute atomic E-state index is 0.0231. The fraction of sp³-hybridized carbons (Fsp3) is 0.143. The van der Waals surface area contributed by atoms with E-state index in [9.17, 15) is 4.79 Å². The van der Waals surface area contributed by atoms with Crippen LogP contribution in [0.5, 0.6) is 0 Å². The molecule has 2 heterocycles. The summed E-state index contributed by atoms with van der Waals surface area (Å²) in [6, 6.07) is 0. The second-order valence-corrected chi connectivity index (χ2v) is 2.40. The van der Waals surface area contributed by atoms with E-state index >= 15 is 0 Å². The molecule has 0 radical (unpaired) electrons. The average molecular weight is 149 g/mol. The fourth-order valence-corrected chi connectivity index (χ4v) is 1.01. The number of fused-ring (bicyclic) bond motifs is 1. The molecule has 0 saturated heterocycles. The van der Waals surface area contributed by atoms with Gasteiger partial charge in [0.15, 0.2) is 0 Å². The molecule has 0 N–H and O–H groups in total. The second kappa shape index (κ2) is 1.95. The molecular weight excluding hydrogens is 142 g/mol. The van der Waals surface area contributed by atoms with Gasteiger partial charge < -0.3 is 8.97 Å². The zero-order chi connectivity index (χ0) is 7.84. The minimum atomic E-state index is -0.0231. The quantitative estimate of drug-likeness (QED) is 0.530. The van der Waals surface area contributed by atoms with E-state index in [0.29, 0.717) is 5.52 Å². The summed E-state index contributed by atoms with van der Waals surface area (Å²) in [5.74, 6) is 0. The molecular formula is C7H7N3O. The lowest BCUT2D eigenvalue weighted by molar-refractivity contribution is 0.846. The number of aryl methyl sites for hydroxylation is 1. The summed E-state index contributed by atoms with van der Waals surface area (Å²) in [6.45, 7) is 0. The third-order valence-electron chi connectivity index (χ3n) is 1.66. The molecule has 0 bridgehead atoms. The Morgan fingerprint density at radius 1 is 1.45 bits per heavy atom. The largest absolute Gasteiger partial charge is 0.315 e. The van der Waals surface area contributed by atoms with Crippen LogP contribution < -0.4 is 5.56 Å². The molecule has 0 fully saturated rings. The van der Waals surface area contributed by atoms with Crippen LogP contribution in [0.1, 0.15) is 0 Å². The van der Waals surface area contributed by atoms with Crippen molar-refractivity contribution >= 4 is 5.52 Å². The Balaban J connectivity index is 3.05. The Bertz CT molecular complexity index is 440. The number of rotatable bonds is 0. The summed E-state index contributed by atoms with van der Waals surface area (Å²) in [6.07, 6.45) is 6.67. The molecule has 4 nitrogen and oxygen atoms in total. The summed E-state index contributed by atoms with van der Waals surface area (Å²) >= 11 is 0. The molecule has 4 heteroatoms. The Morgan fingerprint density at radius 3 is 3.09 bits per heavy atom. The highest BCUT2D eigenvalue weighted by Crippen LogP contribution is 1.92. The van der Waals surface area contributed by atoms with Crippen molar-refractivity contribution in [1.82, 2.24) is 14.0 Å². The fourth-order valence-electron chi connectivity index (χ4n) is 1.01. The van der Waals surface area contributed by atoms with Crippen molar-refractivity contribution in [1.29, 1.82) is 0 Å². The Morgan fingerprint density at radius 2 is 2.27 bits per heavy atom. The smallest absolute Gasteiger partial charge is 0.276 e. The van der Waals surface area contributed by atoms with E-state index in [0.717, 1.165) is 0 Å². The van der Waals surface area contributed by atoms with Crippen LogP contribution in [-0.2, 0) is 7.05 Å². The molecule has 0 amide bonds. The van der Waals surface area contributed by atoms with Crippen LogP contribution in [0, 0.1) is 0 Å². The first kappa shape index (κ1) is 6.15. The topological polar surface area (TPSA) is 39.3 Å². The van der Waals surface area contributed by atoms with E-state index in [4.69, 9.17) is 0 Å². The molecule has 0 spiro atoms. The molecule has 0 aliphatic heterocycles. The van der Waals surface area contributed by atoms with Crippen molar-refractivity contribution in [3.63, 3.8) is 0 Å². The maximum absolute atomic E-state index is 11.3. The highest BCUT2D eigenvalue weighted by Gasteiger charge is 1.97. The maximum Gasteiger partial charge on any atom is 0.276 e. The molecule has 0 unspecified atom stereocenters. The van der Waals surface area contributed by atoms with Crippen molar-refractivity contribution in [2.45, 2.75) is 0 Å². The summed E-state index contributed by atoms with van der Waals surface area (Å²) in [5, 5.41) is 0. The zero-order valence-electron chi connectivity index (χ0n) is 6.06. The van der Waals surface area contributed by atoms with Gasteiger partial charge in [0.2, 0.25) is 0 Å². The van der Waals surface area contributed by atoms with E-state index in [-0.39, 0.29) is 5.56 Å². The highest BCUT2D eigenvalue weighted by atomic mass is 16.1. The number of hydrogen-bond acceptors (Lipinski definition) is 2. The van der Waals surface area contributed by atoms with Crippen LogP contribution in [-0.4, -0.2) is 14.0 Å². The van der Waals surface area contributed by atoms with Gasteiger partial charge in [-0.15, -0.1) is 0 Å². The normalized spacial score (nSPS) is 10.6. The lowest BCUT2D eigenvalue weighted by Crippen LogP contribution is -2.17. The summed E-state index contributed by atoms with van der Waals surface area (Å²) in [5.41, 5.74) is 0.583. The van der Waals surface area contributed by atoms with Gasteiger partial charge in [0.1, 0.15) is 5.52 Å². The second-order valence-electron chi connectivity index (χ2n) is 2.40. The monoisotopic (exact) mass is 149 g/mol. The van der Waals surface area contributed by atoms with E-state index in [2.05, 4.69) is 4.98 Å². The van der Waals surface area contributed by atoms with Crippen LogP contribution in [0.25, 0.3) is 5.52 Å². The van der Waals surface area contributed by atoms with E-state index < -0.39 is 0 Å². The number of aromatic nitrogens is 3. The molecule has 2 rings (SSSR count). The van der Waals surface area contributed by atoms with Crippen LogP contribution >= 0.6 is 0 Å². The third-order valence-corrected chi connectivity index (χ3v) is 1.66. The number of hydrogen-bond donors (Lipinski definition) is 0. The molecule has 0 aliphatic rings. The first-order chi connectivity index (χ1) is 5.29. The maximum atomic E-state index is 11.3. The van der Waals surface area contributed by atoms with E-state index in [1.807, 2.05) is 0 Å². The predicted octanol–water partition coefficient (Wildman–Crippen LogP) is 0.0330. The van der Waals surface area contributed by atoms with Crippen molar-refractivity contribution in [2.24, 2.45) is 7.05 Å². The van der Waals surface area contributed by atoms with Gasteiger partial charge in [-0.05, 0) is 0 Å². The van der Waals surface area contributed by atoms with Crippen molar-refractivity contribution in [2.75, 3.05) is 0 Å². The summed E-state index contributed by atoms with van der Waals surface area (Å²) in [7, 11) is 1.72. The molecule has 0 saturated carbocycles. The number of imidazole rings is 1. The van der Waals surface area contributed by atoms with Crippen LogP contribution in [0.15, 0.2) is 29.7 Å². The summed E-state index contributed by atoms with van der Waals surface area (Å²) < 4.78 is 3.22. The predicted molar refractivity (Wildman–Crippen MR) is 40.4 cm³/mol. The Kier molecular flexibility index (Phi) is 1.09. The zero-order valence-corrected chi connectivity index (χ0v) is 6.06. The molecule has 56 valence electrons. The third kappa shape index (κ3) is 0.756. The van der Waals surface area contributed by atoms with Gasteiger partial charge in [-0.2, -0.15) is 0 Å². The van der Waals surface area contributed by atoms with Gasteiger partial charge in [0.05, 0.1) is 12.5 Å². The summed E-state index contributed by atoms with van der Waals surface area (Å²) in [4.78, 5) is 15.1. The Hall–Kier alpha value is -1.58.